The topological polar surface area (TPSA) is 0 Å². The first-order valence-electron chi connectivity index (χ1n) is 12.9. The highest BCUT2D eigenvalue weighted by atomic mass is 19.2. The molecule has 0 aliphatic heterocycles. The average Bonchev–Trinajstić information content (AvgIpc) is 2.83. The number of hydrogen-bond donors (Lipinski definition) is 0. The molecule has 0 saturated heterocycles. The first-order valence-corrected chi connectivity index (χ1v) is 12.9. The molecular weight excluding hydrogens is 386 g/mol. The molecule has 0 bridgehead atoms. The van der Waals surface area contributed by atoms with Gasteiger partial charge in [0, 0.05) is 12.3 Å². The lowest BCUT2D eigenvalue weighted by Gasteiger charge is -2.37. The second-order valence-corrected chi connectivity index (χ2v) is 10.0. The van der Waals surface area contributed by atoms with Crippen LogP contribution < -0.4 is 0 Å². The van der Waals surface area contributed by atoms with E-state index in [4.69, 9.17) is 0 Å². The Hall–Kier alpha value is -1.44. The lowest BCUT2D eigenvalue weighted by atomic mass is 9.68. The molecule has 2 saturated carbocycles. The number of allylic oxidation sites excluding steroid dienone is 3. The fourth-order valence-electron chi connectivity index (χ4n) is 5.87. The second-order valence-electron chi connectivity index (χ2n) is 10.0. The fourth-order valence-corrected chi connectivity index (χ4v) is 5.87. The van der Waals surface area contributed by atoms with E-state index >= 15 is 0 Å². The minimum atomic E-state index is -0.541. The Morgan fingerprint density at radius 3 is 2.10 bits per heavy atom. The molecule has 0 amide bonds. The number of aryl methyl sites for hydroxylation is 1. The molecule has 2 aliphatic rings. The maximum atomic E-state index is 14.4. The highest BCUT2D eigenvalue weighted by Gasteiger charge is 2.33. The first kappa shape index (κ1) is 24.2. The first-order chi connectivity index (χ1) is 15.1. The van der Waals surface area contributed by atoms with Crippen molar-refractivity contribution in [3.05, 3.63) is 59.7 Å². The molecule has 0 aromatic heterocycles. The van der Waals surface area contributed by atoms with Crippen LogP contribution in [-0.2, 0) is 6.42 Å². The summed E-state index contributed by atoms with van der Waals surface area (Å²) in [5, 5.41) is 0. The van der Waals surface area contributed by atoms with E-state index in [1.54, 1.807) is 6.08 Å². The van der Waals surface area contributed by atoms with Gasteiger partial charge in [-0.25, -0.2) is 8.78 Å². The highest BCUT2D eigenvalue weighted by Crippen LogP contribution is 2.45. The van der Waals surface area contributed by atoms with Crippen LogP contribution in [-0.4, -0.2) is 0 Å². The van der Waals surface area contributed by atoms with Crippen molar-refractivity contribution in [3.8, 4) is 0 Å². The fraction of sp³-hybridized carbons (Fsp3) is 0.655. The largest absolute Gasteiger partial charge is 0.209 e. The van der Waals surface area contributed by atoms with Gasteiger partial charge in [0.1, 0.15) is 11.7 Å². The maximum Gasteiger partial charge on any atom is 0.134 e. The number of benzene rings is 1. The third-order valence-electron chi connectivity index (χ3n) is 7.92. The van der Waals surface area contributed by atoms with Gasteiger partial charge in [-0.1, -0.05) is 50.1 Å². The van der Waals surface area contributed by atoms with Gasteiger partial charge in [-0.3, -0.25) is 0 Å². The molecule has 31 heavy (non-hydrogen) atoms. The molecule has 2 heteroatoms. The molecule has 1 aromatic carbocycles. The van der Waals surface area contributed by atoms with Gasteiger partial charge in [0.25, 0.3) is 0 Å². The van der Waals surface area contributed by atoms with Crippen LogP contribution in [0, 0.1) is 17.8 Å². The Kier molecular flexibility index (Phi) is 9.81. The normalized spacial score (nSPS) is 27.6. The minimum absolute atomic E-state index is 0.166. The molecule has 0 unspecified atom stereocenters. The molecule has 0 nitrogen and oxygen atoms in total. The minimum Gasteiger partial charge on any atom is -0.209 e. The molecule has 0 N–H and O–H groups in total. The summed E-state index contributed by atoms with van der Waals surface area (Å²) in [6.45, 7) is 5.85. The van der Waals surface area contributed by atoms with E-state index in [1.165, 1.54) is 62.5 Å². The molecule has 0 radical (unpaired) electrons. The quantitative estimate of drug-likeness (QED) is 0.257. The highest BCUT2D eigenvalue weighted by molar-refractivity contribution is 5.26. The number of halogens is 2. The maximum absolute atomic E-state index is 14.4. The molecule has 3 rings (SSSR count). The third-order valence-corrected chi connectivity index (χ3v) is 7.92. The zero-order chi connectivity index (χ0) is 22.1. The summed E-state index contributed by atoms with van der Waals surface area (Å²) in [4.78, 5) is 0. The molecule has 0 atom stereocenters. The van der Waals surface area contributed by atoms with Crippen LogP contribution in [0.4, 0.5) is 8.78 Å². The van der Waals surface area contributed by atoms with Crippen molar-refractivity contribution < 1.29 is 8.78 Å². The molecule has 172 valence electrons. The van der Waals surface area contributed by atoms with Crippen LogP contribution in [0.15, 0.2) is 48.6 Å². The van der Waals surface area contributed by atoms with Crippen molar-refractivity contribution in [1.82, 2.24) is 0 Å². The van der Waals surface area contributed by atoms with Crippen LogP contribution in [0.1, 0.15) is 107 Å². The van der Waals surface area contributed by atoms with E-state index in [-0.39, 0.29) is 12.3 Å². The molecule has 0 heterocycles. The van der Waals surface area contributed by atoms with Gasteiger partial charge >= 0.3 is 0 Å². The van der Waals surface area contributed by atoms with Crippen molar-refractivity contribution in [2.45, 2.75) is 103 Å². The molecule has 2 aliphatic carbocycles. The predicted octanol–water partition coefficient (Wildman–Crippen LogP) is 9.62. The summed E-state index contributed by atoms with van der Waals surface area (Å²) in [6, 6.07) is 9.42. The molecule has 0 spiro atoms. The van der Waals surface area contributed by atoms with Gasteiger partial charge < -0.3 is 0 Å². The number of unbranched alkanes of at least 4 members (excludes halogenated alkanes) is 2. The summed E-state index contributed by atoms with van der Waals surface area (Å²) in [5.74, 6) is 0.998. The van der Waals surface area contributed by atoms with E-state index in [9.17, 15) is 8.78 Å². The van der Waals surface area contributed by atoms with Gasteiger partial charge in [-0.15, -0.1) is 6.58 Å². The number of hydrogen-bond acceptors (Lipinski definition) is 0. The van der Waals surface area contributed by atoms with Crippen LogP contribution >= 0.6 is 0 Å². The van der Waals surface area contributed by atoms with Crippen molar-refractivity contribution >= 4 is 0 Å². The van der Waals surface area contributed by atoms with Crippen LogP contribution in [0.3, 0.4) is 0 Å². The van der Waals surface area contributed by atoms with Crippen molar-refractivity contribution in [1.29, 1.82) is 0 Å². The Morgan fingerprint density at radius 1 is 0.903 bits per heavy atom. The zero-order valence-electron chi connectivity index (χ0n) is 19.6. The van der Waals surface area contributed by atoms with E-state index in [2.05, 4.69) is 37.8 Å². The SMILES string of the molecule is C=CCC/C(F)=C(\F)C1CCC(C2CCC(c3ccc(CCCCC)cc3)CC2)CC1. The van der Waals surface area contributed by atoms with E-state index < -0.39 is 11.7 Å². The Balaban J connectivity index is 1.43. The summed E-state index contributed by atoms with van der Waals surface area (Å²) in [7, 11) is 0. The Labute approximate surface area is 189 Å². The zero-order valence-corrected chi connectivity index (χ0v) is 19.6. The predicted molar refractivity (Wildman–Crippen MR) is 128 cm³/mol. The second kappa shape index (κ2) is 12.6. The van der Waals surface area contributed by atoms with Crippen LogP contribution in [0.25, 0.3) is 0 Å². The van der Waals surface area contributed by atoms with Crippen molar-refractivity contribution in [3.63, 3.8) is 0 Å². The molecule has 2 fully saturated rings. The summed E-state index contributed by atoms with van der Waals surface area (Å²) in [5.41, 5.74) is 2.99. The smallest absolute Gasteiger partial charge is 0.134 e. The monoisotopic (exact) mass is 428 g/mol. The number of rotatable bonds is 10. The lowest BCUT2D eigenvalue weighted by molar-refractivity contribution is 0.160. The summed E-state index contributed by atoms with van der Waals surface area (Å²) in [6.07, 6.45) is 16.4. The summed E-state index contributed by atoms with van der Waals surface area (Å²) < 4.78 is 28.4. The van der Waals surface area contributed by atoms with E-state index in [0.29, 0.717) is 18.3 Å². The average molecular weight is 429 g/mol. The van der Waals surface area contributed by atoms with Gasteiger partial charge in [0.15, 0.2) is 0 Å². The van der Waals surface area contributed by atoms with E-state index in [1.807, 2.05) is 0 Å². The van der Waals surface area contributed by atoms with Crippen LogP contribution in [0.2, 0.25) is 0 Å². The van der Waals surface area contributed by atoms with Gasteiger partial charge in [-0.2, -0.15) is 0 Å². The third kappa shape index (κ3) is 7.02. The van der Waals surface area contributed by atoms with Gasteiger partial charge in [0.2, 0.25) is 0 Å². The van der Waals surface area contributed by atoms with Crippen LogP contribution in [0.5, 0.6) is 0 Å². The Bertz CT molecular complexity index is 686. The molecule has 1 aromatic rings. The van der Waals surface area contributed by atoms with Crippen molar-refractivity contribution in [2.24, 2.45) is 17.8 Å². The van der Waals surface area contributed by atoms with E-state index in [0.717, 1.165) is 31.6 Å². The Morgan fingerprint density at radius 2 is 1.52 bits per heavy atom. The standard InChI is InChI=1S/C29H42F2/c1-3-5-7-8-22-10-12-23(13-11-22)24-14-16-25(17-15-24)26-18-20-27(21-19-26)29(31)28(30)9-6-4-2/h4,10-13,24-27H,2-3,5-9,14-21H2,1H3/b29-28+. The summed E-state index contributed by atoms with van der Waals surface area (Å²) >= 11 is 0. The van der Waals surface area contributed by atoms with Gasteiger partial charge in [-0.05, 0) is 99.5 Å². The van der Waals surface area contributed by atoms with Gasteiger partial charge in [0.05, 0.1) is 0 Å². The lowest BCUT2D eigenvalue weighted by Crippen LogP contribution is -2.25. The van der Waals surface area contributed by atoms with Crippen molar-refractivity contribution in [2.75, 3.05) is 0 Å². The molecular formula is C29H42F2.